The molecule has 0 saturated heterocycles. The molecule has 0 radical (unpaired) electrons. The van der Waals surface area contributed by atoms with E-state index in [2.05, 4.69) is 11.4 Å². The Morgan fingerprint density at radius 2 is 1.82 bits per heavy atom. The van der Waals surface area contributed by atoms with Gasteiger partial charge in [-0.05, 0) is 42.9 Å². The van der Waals surface area contributed by atoms with Gasteiger partial charge in [-0.25, -0.2) is 4.79 Å². The number of esters is 1. The predicted octanol–water partition coefficient (Wildman–Crippen LogP) is 5.45. The average molecular weight is 459 g/mol. The fourth-order valence-corrected chi connectivity index (χ4v) is 5.75. The third kappa shape index (κ3) is 4.84. The Hall–Kier alpha value is -3.43. The molecule has 1 unspecified atom stereocenters. The van der Waals surface area contributed by atoms with Crippen molar-refractivity contribution in [2.45, 2.75) is 44.4 Å². The lowest BCUT2D eigenvalue weighted by Crippen LogP contribution is -2.31. The van der Waals surface area contributed by atoms with Gasteiger partial charge < -0.3 is 10.1 Å². The van der Waals surface area contributed by atoms with Crippen LogP contribution < -0.4 is 5.32 Å². The SMILES string of the molecule is CCOC(=O)c1c(NC(=O)CCc2ccccc2)sc2c1CCC(C#N)(c1ccccc1)C2. The number of nitrogens with zero attached hydrogens (tertiary/aromatic N) is 1. The third-order valence-corrected chi connectivity index (χ3v) is 7.26. The molecule has 1 N–H and O–H groups in total. The minimum absolute atomic E-state index is 0.141. The second kappa shape index (κ2) is 10.0. The minimum atomic E-state index is -0.639. The molecule has 0 aliphatic heterocycles. The Bertz CT molecular complexity index is 1180. The molecule has 1 aliphatic carbocycles. The van der Waals surface area contributed by atoms with Crippen molar-refractivity contribution in [1.29, 1.82) is 5.26 Å². The molecule has 168 valence electrons. The number of carbonyl (C=O) groups is 2. The molecule has 33 heavy (non-hydrogen) atoms. The number of thiophene rings is 1. The summed E-state index contributed by atoms with van der Waals surface area (Å²) in [5.41, 5.74) is 2.78. The number of amides is 1. The molecule has 0 bridgehead atoms. The van der Waals surface area contributed by atoms with Crippen LogP contribution in [0.4, 0.5) is 5.00 Å². The summed E-state index contributed by atoms with van der Waals surface area (Å²) in [6.45, 7) is 2.03. The molecular weight excluding hydrogens is 432 g/mol. The van der Waals surface area contributed by atoms with Gasteiger partial charge >= 0.3 is 5.97 Å². The van der Waals surface area contributed by atoms with Gasteiger partial charge in [-0.3, -0.25) is 4.79 Å². The van der Waals surface area contributed by atoms with Crippen LogP contribution >= 0.6 is 11.3 Å². The van der Waals surface area contributed by atoms with Gasteiger partial charge in [-0.1, -0.05) is 60.7 Å². The Morgan fingerprint density at radius 1 is 1.12 bits per heavy atom. The molecule has 1 atom stereocenters. The van der Waals surface area contributed by atoms with Gasteiger partial charge in [-0.15, -0.1) is 11.3 Å². The number of ether oxygens (including phenoxy) is 1. The molecule has 2 aromatic carbocycles. The molecule has 0 spiro atoms. The van der Waals surface area contributed by atoms with Gasteiger partial charge in [0.25, 0.3) is 0 Å². The quantitative estimate of drug-likeness (QED) is 0.478. The highest BCUT2D eigenvalue weighted by molar-refractivity contribution is 7.17. The van der Waals surface area contributed by atoms with E-state index in [1.165, 1.54) is 11.3 Å². The molecular formula is C27H26N2O3S. The van der Waals surface area contributed by atoms with Crippen molar-refractivity contribution in [1.82, 2.24) is 0 Å². The van der Waals surface area contributed by atoms with E-state index in [4.69, 9.17) is 4.74 Å². The highest BCUT2D eigenvalue weighted by Crippen LogP contribution is 2.45. The number of fused-ring (bicyclic) bond motifs is 1. The summed E-state index contributed by atoms with van der Waals surface area (Å²) in [5.74, 6) is -0.560. The van der Waals surface area contributed by atoms with E-state index in [0.29, 0.717) is 42.7 Å². The lowest BCUT2D eigenvalue weighted by molar-refractivity contribution is -0.116. The molecule has 1 aromatic heterocycles. The van der Waals surface area contributed by atoms with Crippen molar-refractivity contribution in [3.63, 3.8) is 0 Å². The molecule has 1 heterocycles. The summed E-state index contributed by atoms with van der Waals surface area (Å²) < 4.78 is 5.32. The van der Waals surface area contributed by atoms with Crippen LogP contribution in [0.25, 0.3) is 0 Å². The standard InChI is InChI=1S/C27H26N2O3S/c1-2-32-26(31)24-21-15-16-27(18-28,20-11-7-4-8-12-20)17-22(21)33-25(24)29-23(30)14-13-19-9-5-3-6-10-19/h3-12H,2,13-17H2,1H3,(H,29,30). The van der Waals surface area contributed by atoms with E-state index in [9.17, 15) is 14.9 Å². The summed E-state index contributed by atoms with van der Waals surface area (Å²) in [6.07, 6.45) is 2.66. The number of nitrogens with one attached hydrogen (secondary N) is 1. The summed E-state index contributed by atoms with van der Waals surface area (Å²) >= 11 is 1.39. The monoisotopic (exact) mass is 458 g/mol. The second-order valence-corrected chi connectivity index (χ2v) is 9.30. The van der Waals surface area contributed by atoms with E-state index in [1.807, 2.05) is 60.7 Å². The van der Waals surface area contributed by atoms with Gasteiger partial charge in [0.05, 0.1) is 23.7 Å². The fraction of sp³-hybridized carbons (Fsp3) is 0.296. The fourth-order valence-electron chi connectivity index (χ4n) is 4.38. The maximum absolute atomic E-state index is 12.8. The number of rotatable bonds is 7. The zero-order valence-electron chi connectivity index (χ0n) is 18.6. The molecule has 5 nitrogen and oxygen atoms in total. The number of carbonyl (C=O) groups excluding carboxylic acids is 2. The van der Waals surface area contributed by atoms with Crippen LogP contribution in [0.1, 0.15) is 51.7 Å². The van der Waals surface area contributed by atoms with Gasteiger partial charge in [0.1, 0.15) is 5.00 Å². The first-order chi connectivity index (χ1) is 16.1. The molecule has 0 saturated carbocycles. The minimum Gasteiger partial charge on any atom is -0.462 e. The summed E-state index contributed by atoms with van der Waals surface area (Å²) in [4.78, 5) is 26.5. The maximum Gasteiger partial charge on any atom is 0.341 e. The second-order valence-electron chi connectivity index (χ2n) is 8.20. The van der Waals surface area contributed by atoms with E-state index in [1.54, 1.807) is 6.92 Å². The highest BCUT2D eigenvalue weighted by atomic mass is 32.1. The van der Waals surface area contributed by atoms with Crippen LogP contribution in [0.15, 0.2) is 60.7 Å². The van der Waals surface area contributed by atoms with Crippen LogP contribution in [-0.4, -0.2) is 18.5 Å². The number of aryl methyl sites for hydroxylation is 1. The van der Waals surface area contributed by atoms with Crippen molar-refractivity contribution in [3.8, 4) is 6.07 Å². The highest BCUT2D eigenvalue weighted by Gasteiger charge is 2.40. The smallest absolute Gasteiger partial charge is 0.341 e. The summed E-state index contributed by atoms with van der Waals surface area (Å²) in [5, 5.41) is 13.6. The molecule has 3 aromatic rings. The van der Waals surface area contributed by atoms with Crippen molar-refractivity contribution in [2.24, 2.45) is 0 Å². The Morgan fingerprint density at radius 3 is 2.48 bits per heavy atom. The van der Waals surface area contributed by atoms with Crippen LogP contribution in [0.2, 0.25) is 0 Å². The van der Waals surface area contributed by atoms with E-state index < -0.39 is 11.4 Å². The van der Waals surface area contributed by atoms with Crippen LogP contribution in [0.3, 0.4) is 0 Å². The first-order valence-electron chi connectivity index (χ1n) is 11.2. The Balaban J connectivity index is 1.60. The van der Waals surface area contributed by atoms with Gasteiger partial charge in [-0.2, -0.15) is 5.26 Å². The summed E-state index contributed by atoms with van der Waals surface area (Å²) in [6, 6.07) is 22.2. The average Bonchev–Trinajstić information content (AvgIpc) is 3.20. The van der Waals surface area contributed by atoms with Gasteiger partial charge in [0.2, 0.25) is 5.91 Å². The third-order valence-electron chi connectivity index (χ3n) is 6.11. The van der Waals surface area contributed by atoms with Gasteiger partial charge in [0.15, 0.2) is 0 Å². The van der Waals surface area contributed by atoms with Crippen molar-refractivity contribution < 1.29 is 14.3 Å². The lowest BCUT2D eigenvalue weighted by Gasteiger charge is -2.31. The van der Waals surface area contributed by atoms with Crippen molar-refractivity contribution in [3.05, 3.63) is 87.8 Å². The van der Waals surface area contributed by atoms with E-state index in [0.717, 1.165) is 21.6 Å². The zero-order valence-corrected chi connectivity index (χ0v) is 19.4. The Kier molecular flexibility index (Phi) is 6.90. The first kappa shape index (κ1) is 22.8. The molecule has 1 amide bonds. The van der Waals surface area contributed by atoms with E-state index >= 15 is 0 Å². The topological polar surface area (TPSA) is 79.2 Å². The van der Waals surface area contributed by atoms with Crippen LogP contribution in [0.5, 0.6) is 0 Å². The number of hydrogen-bond acceptors (Lipinski definition) is 5. The van der Waals surface area contributed by atoms with Crippen LogP contribution in [0, 0.1) is 11.3 Å². The molecule has 0 fully saturated rings. The van der Waals surface area contributed by atoms with E-state index in [-0.39, 0.29) is 12.5 Å². The number of benzene rings is 2. The summed E-state index contributed by atoms with van der Waals surface area (Å²) in [7, 11) is 0. The lowest BCUT2D eigenvalue weighted by atomic mass is 9.70. The van der Waals surface area contributed by atoms with Crippen molar-refractivity contribution in [2.75, 3.05) is 11.9 Å². The molecule has 4 rings (SSSR count). The maximum atomic E-state index is 12.8. The predicted molar refractivity (Wildman–Crippen MR) is 129 cm³/mol. The van der Waals surface area contributed by atoms with Gasteiger partial charge in [0, 0.05) is 17.7 Å². The van der Waals surface area contributed by atoms with Crippen molar-refractivity contribution >= 4 is 28.2 Å². The Labute approximate surface area is 198 Å². The number of anilines is 1. The number of hydrogen-bond donors (Lipinski definition) is 1. The molecule has 6 heteroatoms. The largest absolute Gasteiger partial charge is 0.462 e. The zero-order chi connectivity index (χ0) is 23.3. The van der Waals surface area contributed by atoms with Crippen LogP contribution in [-0.2, 0) is 34.2 Å². The molecule has 1 aliphatic rings. The normalized spacial score (nSPS) is 17.0. The first-order valence-corrected chi connectivity index (χ1v) is 12.0. The number of nitriles is 1.